The number of aromatic nitrogens is 1. The van der Waals surface area contributed by atoms with Crippen molar-refractivity contribution in [2.75, 3.05) is 11.9 Å². The minimum Gasteiger partial charge on any atom is -0.321 e. The topological polar surface area (TPSA) is 16.1 Å². The lowest BCUT2D eigenvalue weighted by Gasteiger charge is -2.17. The molecule has 90 valence electrons. The van der Waals surface area contributed by atoms with Crippen molar-refractivity contribution in [2.45, 2.75) is 12.8 Å². The van der Waals surface area contributed by atoms with Gasteiger partial charge in [0.25, 0.3) is 0 Å². The highest BCUT2D eigenvalue weighted by molar-refractivity contribution is 7.16. The predicted molar refractivity (Wildman–Crippen MR) is 75.9 cm³/mol. The van der Waals surface area contributed by atoms with E-state index < -0.39 is 0 Å². The highest BCUT2D eigenvalue weighted by Crippen LogP contribution is 2.34. The number of thiazole rings is 1. The van der Waals surface area contributed by atoms with E-state index in [0.29, 0.717) is 11.0 Å². The van der Waals surface area contributed by atoms with E-state index in [0.717, 1.165) is 15.7 Å². The van der Waals surface area contributed by atoms with Crippen LogP contribution in [-0.4, -0.2) is 12.0 Å². The number of anilines is 2. The second-order valence-corrected chi connectivity index (χ2v) is 5.38. The SMILES string of the molecule is Cc1ccccc1N(C)c1nc(Cl)c(CCl)s1. The summed E-state index contributed by atoms with van der Waals surface area (Å²) in [6.45, 7) is 2.07. The highest BCUT2D eigenvalue weighted by atomic mass is 35.5. The van der Waals surface area contributed by atoms with E-state index >= 15 is 0 Å². The molecule has 0 saturated carbocycles. The fourth-order valence-electron chi connectivity index (χ4n) is 1.59. The van der Waals surface area contributed by atoms with Gasteiger partial charge in [0.15, 0.2) is 5.13 Å². The molecule has 1 heterocycles. The first-order valence-electron chi connectivity index (χ1n) is 5.14. The number of halogens is 2. The van der Waals surface area contributed by atoms with Crippen LogP contribution < -0.4 is 4.90 Å². The maximum absolute atomic E-state index is 6.00. The van der Waals surface area contributed by atoms with Crippen LogP contribution in [0.5, 0.6) is 0 Å². The maximum Gasteiger partial charge on any atom is 0.191 e. The van der Waals surface area contributed by atoms with Gasteiger partial charge >= 0.3 is 0 Å². The first-order chi connectivity index (χ1) is 8.13. The minimum absolute atomic E-state index is 0.401. The predicted octanol–water partition coefficient (Wildman–Crippen LogP) is 4.61. The molecule has 0 fully saturated rings. The van der Waals surface area contributed by atoms with Gasteiger partial charge in [-0.2, -0.15) is 0 Å². The smallest absolute Gasteiger partial charge is 0.191 e. The van der Waals surface area contributed by atoms with Crippen LogP contribution in [0.3, 0.4) is 0 Å². The molecule has 0 N–H and O–H groups in total. The Bertz CT molecular complexity index is 525. The van der Waals surface area contributed by atoms with E-state index in [2.05, 4.69) is 24.0 Å². The van der Waals surface area contributed by atoms with Crippen LogP contribution in [0.4, 0.5) is 10.8 Å². The molecule has 0 aliphatic carbocycles. The second kappa shape index (κ2) is 5.25. The van der Waals surface area contributed by atoms with Crippen molar-refractivity contribution < 1.29 is 0 Å². The first-order valence-corrected chi connectivity index (χ1v) is 6.87. The quantitative estimate of drug-likeness (QED) is 0.766. The van der Waals surface area contributed by atoms with E-state index in [9.17, 15) is 0 Å². The van der Waals surface area contributed by atoms with Crippen molar-refractivity contribution in [1.29, 1.82) is 0 Å². The zero-order valence-electron chi connectivity index (χ0n) is 9.58. The summed E-state index contributed by atoms with van der Waals surface area (Å²) < 4.78 is 0. The summed E-state index contributed by atoms with van der Waals surface area (Å²) >= 11 is 13.3. The second-order valence-electron chi connectivity index (χ2n) is 3.69. The van der Waals surface area contributed by atoms with Crippen molar-refractivity contribution >= 4 is 45.4 Å². The Kier molecular flexibility index (Phi) is 3.92. The summed E-state index contributed by atoms with van der Waals surface area (Å²) in [4.78, 5) is 7.26. The molecule has 0 aliphatic heterocycles. The molecule has 0 radical (unpaired) electrons. The normalized spacial score (nSPS) is 10.6. The van der Waals surface area contributed by atoms with Crippen LogP contribution in [0.25, 0.3) is 0 Å². The van der Waals surface area contributed by atoms with Gasteiger partial charge in [0.2, 0.25) is 0 Å². The van der Waals surface area contributed by atoms with Crippen molar-refractivity contribution in [1.82, 2.24) is 4.98 Å². The van der Waals surface area contributed by atoms with Gasteiger partial charge in [-0.25, -0.2) is 4.98 Å². The number of hydrogen-bond acceptors (Lipinski definition) is 3. The van der Waals surface area contributed by atoms with Crippen molar-refractivity contribution in [3.63, 3.8) is 0 Å². The number of benzene rings is 1. The first kappa shape index (κ1) is 12.7. The van der Waals surface area contributed by atoms with Crippen LogP contribution >= 0.6 is 34.5 Å². The van der Waals surface area contributed by atoms with Gasteiger partial charge in [0.05, 0.1) is 10.8 Å². The van der Waals surface area contributed by atoms with Crippen LogP contribution in [0, 0.1) is 6.92 Å². The molecule has 1 aromatic carbocycles. The number of para-hydroxylation sites is 1. The van der Waals surface area contributed by atoms with E-state index in [1.807, 2.05) is 24.1 Å². The summed E-state index contributed by atoms with van der Waals surface area (Å²) in [5.41, 5.74) is 2.33. The molecule has 0 unspecified atom stereocenters. The molecule has 5 heteroatoms. The summed E-state index contributed by atoms with van der Waals surface area (Å²) in [7, 11) is 1.98. The third kappa shape index (κ3) is 2.57. The average molecular weight is 287 g/mol. The fraction of sp³-hybridized carbons (Fsp3) is 0.250. The van der Waals surface area contributed by atoms with Crippen LogP contribution in [0.1, 0.15) is 10.4 Å². The summed E-state index contributed by atoms with van der Waals surface area (Å²) in [5, 5.41) is 1.36. The van der Waals surface area contributed by atoms with Crippen LogP contribution in [-0.2, 0) is 5.88 Å². The Morgan fingerprint density at radius 3 is 2.65 bits per heavy atom. The number of aryl methyl sites for hydroxylation is 1. The molecule has 0 saturated heterocycles. The van der Waals surface area contributed by atoms with Crippen molar-refractivity contribution in [3.8, 4) is 0 Å². The molecule has 2 rings (SSSR count). The molecular weight excluding hydrogens is 275 g/mol. The lowest BCUT2D eigenvalue weighted by atomic mass is 10.2. The Hall–Kier alpha value is -0.770. The molecule has 1 aromatic heterocycles. The van der Waals surface area contributed by atoms with Gasteiger partial charge in [-0.15, -0.1) is 11.6 Å². The van der Waals surface area contributed by atoms with Crippen LogP contribution in [0.2, 0.25) is 5.15 Å². The molecular formula is C12H12Cl2N2S. The van der Waals surface area contributed by atoms with E-state index in [4.69, 9.17) is 23.2 Å². The number of alkyl halides is 1. The number of rotatable bonds is 3. The lowest BCUT2D eigenvalue weighted by molar-refractivity contribution is 1.15. The molecule has 0 amide bonds. The largest absolute Gasteiger partial charge is 0.321 e. The number of nitrogens with zero attached hydrogens (tertiary/aromatic N) is 2. The van der Waals surface area contributed by atoms with Crippen LogP contribution in [0.15, 0.2) is 24.3 Å². The zero-order chi connectivity index (χ0) is 12.4. The Morgan fingerprint density at radius 1 is 1.35 bits per heavy atom. The molecule has 0 aliphatic rings. The highest BCUT2D eigenvalue weighted by Gasteiger charge is 2.14. The summed E-state index contributed by atoms with van der Waals surface area (Å²) in [6, 6.07) is 8.16. The van der Waals surface area contributed by atoms with Crippen molar-refractivity contribution in [2.24, 2.45) is 0 Å². The molecule has 2 nitrogen and oxygen atoms in total. The Balaban J connectivity index is 2.37. The maximum atomic E-state index is 6.00. The third-order valence-corrected chi connectivity index (χ3v) is 4.51. The van der Waals surface area contributed by atoms with Gasteiger partial charge in [-0.1, -0.05) is 41.1 Å². The standard InChI is InChI=1S/C12H12Cl2N2S/c1-8-5-3-4-6-9(8)16(2)12-15-11(14)10(7-13)17-12/h3-6H,7H2,1-2H3. The average Bonchev–Trinajstić information content (AvgIpc) is 2.70. The molecule has 0 bridgehead atoms. The van der Waals surface area contributed by atoms with E-state index in [1.54, 1.807) is 0 Å². The fourth-order valence-corrected chi connectivity index (χ4v) is 3.04. The minimum atomic E-state index is 0.401. The Morgan fingerprint density at radius 2 is 2.06 bits per heavy atom. The zero-order valence-corrected chi connectivity index (χ0v) is 11.9. The van der Waals surface area contributed by atoms with Gasteiger partial charge in [-0.05, 0) is 18.6 Å². The monoisotopic (exact) mass is 286 g/mol. The summed E-state index contributed by atoms with van der Waals surface area (Å²) in [5.74, 6) is 0.401. The summed E-state index contributed by atoms with van der Waals surface area (Å²) in [6.07, 6.45) is 0. The van der Waals surface area contributed by atoms with Gasteiger partial charge < -0.3 is 4.90 Å². The molecule has 2 aromatic rings. The third-order valence-electron chi connectivity index (χ3n) is 2.52. The molecule has 17 heavy (non-hydrogen) atoms. The van der Waals surface area contributed by atoms with E-state index in [1.165, 1.54) is 16.9 Å². The Labute approximate surface area is 115 Å². The molecule has 0 spiro atoms. The number of hydrogen-bond donors (Lipinski definition) is 0. The van der Waals surface area contributed by atoms with E-state index in [-0.39, 0.29) is 0 Å². The molecule has 0 atom stereocenters. The van der Waals surface area contributed by atoms with Gasteiger partial charge in [0.1, 0.15) is 5.15 Å². The lowest BCUT2D eigenvalue weighted by Crippen LogP contribution is -2.10. The van der Waals surface area contributed by atoms with Crippen molar-refractivity contribution in [3.05, 3.63) is 39.9 Å². The van der Waals surface area contributed by atoms with Gasteiger partial charge in [0, 0.05) is 12.7 Å². The van der Waals surface area contributed by atoms with Gasteiger partial charge in [-0.3, -0.25) is 0 Å².